The van der Waals surface area contributed by atoms with Crippen LogP contribution in [0.1, 0.15) is 40.0 Å². The molecule has 5 nitrogen and oxygen atoms in total. The minimum atomic E-state index is -0.804. The van der Waals surface area contributed by atoms with Crippen LogP contribution in [0.15, 0.2) is 0 Å². The van der Waals surface area contributed by atoms with Gasteiger partial charge in [-0.2, -0.15) is 0 Å². The van der Waals surface area contributed by atoms with E-state index in [1.807, 2.05) is 0 Å². The lowest BCUT2D eigenvalue weighted by molar-refractivity contribution is -0.156. The summed E-state index contributed by atoms with van der Waals surface area (Å²) in [5.74, 6) is -0.390. The summed E-state index contributed by atoms with van der Waals surface area (Å²) in [6, 6.07) is 0. The molecular weight excluding hydrogens is 265 g/mol. The van der Waals surface area contributed by atoms with E-state index < -0.39 is 23.8 Å². The predicted octanol–water partition coefficient (Wildman–Crippen LogP) is 2.54. The summed E-state index contributed by atoms with van der Waals surface area (Å²) in [6.07, 6.45) is 0.559. The Balaban J connectivity index is 2.65. The highest BCUT2D eigenvalue weighted by molar-refractivity contribution is 5.77. The Morgan fingerprint density at radius 1 is 1.25 bits per heavy atom. The summed E-state index contributed by atoms with van der Waals surface area (Å²) in [4.78, 5) is 25.4. The monoisotopic (exact) mass is 289 g/mol. The molecule has 116 valence electrons. The van der Waals surface area contributed by atoms with Crippen molar-refractivity contribution >= 4 is 12.1 Å². The van der Waals surface area contributed by atoms with Crippen molar-refractivity contribution < 1.29 is 23.5 Å². The van der Waals surface area contributed by atoms with Crippen LogP contribution in [0.3, 0.4) is 0 Å². The zero-order valence-electron chi connectivity index (χ0n) is 12.7. The first-order valence-corrected chi connectivity index (χ1v) is 6.86. The average Bonchev–Trinajstić information content (AvgIpc) is 2.36. The summed E-state index contributed by atoms with van der Waals surface area (Å²) in [5.41, 5.74) is -1.35. The van der Waals surface area contributed by atoms with E-state index in [2.05, 4.69) is 0 Å². The number of hydrogen-bond acceptors (Lipinski definition) is 4. The molecule has 0 spiro atoms. The molecule has 1 saturated heterocycles. The lowest BCUT2D eigenvalue weighted by atomic mass is 9.76. The van der Waals surface area contributed by atoms with E-state index in [1.165, 1.54) is 7.11 Å². The lowest BCUT2D eigenvalue weighted by Crippen LogP contribution is -2.48. The fourth-order valence-corrected chi connectivity index (χ4v) is 2.40. The van der Waals surface area contributed by atoms with E-state index in [-0.39, 0.29) is 12.4 Å². The number of esters is 1. The molecule has 6 heteroatoms. The maximum absolute atomic E-state index is 12.7. The van der Waals surface area contributed by atoms with Gasteiger partial charge in [-0.3, -0.25) is 9.18 Å². The number of piperidine rings is 1. The van der Waals surface area contributed by atoms with Crippen LogP contribution in [0.5, 0.6) is 0 Å². The van der Waals surface area contributed by atoms with Crippen molar-refractivity contribution in [2.24, 2.45) is 5.41 Å². The molecule has 0 bridgehead atoms. The Morgan fingerprint density at radius 2 is 1.80 bits per heavy atom. The second-order valence-electron chi connectivity index (χ2n) is 6.18. The molecule has 1 rings (SSSR count). The molecule has 0 N–H and O–H groups in total. The second kappa shape index (κ2) is 6.41. The number of rotatable bonds is 3. The molecule has 0 atom stereocenters. The third kappa shape index (κ3) is 4.08. The molecule has 0 radical (unpaired) electrons. The molecule has 0 saturated carbocycles. The molecule has 20 heavy (non-hydrogen) atoms. The minimum Gasteiger partial charge on any atom is -0.469 e. The number of likely N-dealkylation sites (tertiary alicyclic amines) is 1. The van der Waals surface area contributed by atoms with Crippen LogP contribution in [0.4, 0.5) is 9.18 Å². The van der Waals surface area contributed by atoms with Crippen LogP contribution in [0.2, 0.25) is 0 Å². The van der Waals surface area contributed by atoms with Gasteiger partial charge in [0.2, 0.25) is 0 Å². The number of nitrogens with zero attached hydrogens (tertiary/aromatic N) is 1. The third-order valence-corrected chi connectivity index (χ3v) is 3.56. The van der Waals surface area contributed by atoms with Crippen molar-refractivity contribution in [1.29, 1.82) is 0 Å². The smallest absolute Gasteiger partial charge is 0.410 e. The Bertz CT molecular complexity index is 357. The third-order valence-electron chi connectivity index (χ3n) is 3.56. The van der Waals surface area contributed by atoms with Crippen molar-refractivity contribution in [3.63, 3.8) is 0 Å². The first-order valence-electron chi connectivity index (χ1n) is 6.86. The van der Waals surface area contributed by atoms with Crippen LogP contribution in [0, 0.1) is 5.41 Å². The van der Waals surface area contributed by atoms with E-state index in [4.69, 9.17) is 9.47 Å². The van der Waals surface area contributed by atoms with Crippen LogP contribution in [0.25, 0.3) is 0 Å². The number of halogens is 1. The van der Waals surface area contributed by atoms with E-state index in [9.17, 15) is 14.0 Å². The van der Waals surface area contributed by atoms with E-state index in [0.29, 0.717) is 25.9 Å². The van der Waals surface area contributed by atoms with Crippen molar-refractivity contribution in [2.45, 2.75) is 45.6 Å². The van der Waals surface area contributed by atoms with E-state index in [1.54, 1.807) is 25.7 Å². The summed E-state index contributed by atoms with van der Waals surface area (Å²) in [6.45, 7) is 5.60. The molecule has 0 unspecified atom stereocenters. The SMILES string of the molecule is COC(=O)C1(CCF)CCN(C(=O)OC(C)(C)C)CC1. The molecule has 0 aliphatic carbocycles. The quantitative estimate of drug-likeness (QED) is 0.749. The maximum atomic E-state index is 12.7. The highest BCUT2D eigenvalue weighted by atomic mass is 19.1. The normalized spacial score (nSPS) is 18.6. The van der Waals surface area contributed by atoms with Gasteiger partial charge in [0, 0.05) is 13.1 Å². The maximum Gasteiger partial charge on any atom is 0.410 e. The Hall–Kier alpha value is -1.33. The number of alkyl halides is 1. The van der Waals surface area contributed by atoms with E-state index >= 15 is 0 Å². The highest BCUT2D eigenvalue weighted by Crippen LogP contribution is 2.36. The van der Waals surface area contributed by atoms with Gasteiger partial charge < -0.3 is 14.4 Å². The first-order chi connectivity index (χ1) is 9.24. The van der Waals surface area contributed by atoms with Gasteiger partial charge in [-0.15, -0.1) is 0 Å². The van der Waals surface area contributed by atoms with Gasteiger partial charge in [0.15, 0.2) is 0 Å². The van der Waals surface area contributed by atoms with Gasteiger partial charge in [0.25, 0.3) is 0 Å². The van der Waals surface area contributed by atoms with Crippen molar-refractivity contribution in [1.82, 2.24) is 4.90 Å². The van der Waals surface area contributed by atoms with Crippen molar-refractivity contribution in [3.8, 4) is 0 Å². The molecular formula is C14H24FNO4. The summed E-state index contributed by atoms with van der Waals surface area (Å²) < 4.78 is 22.8. The summed E-state index contributed by atoms with van der Waals surface area (Å²) in [5, 5.41) is 0. The van der Waals surface area contributed by atoms with Crippen molar-refractivity contribution in [3.05, 3.63) is 0 Å². The standard InChI is InChI=1S/C14H24FNO4/c1-13(2,3)20-12(18)16-9-6-14(5-8-15,7-10-16)11(17)19-4/h5-10H2,1-4H3. The van der Waals surface area contributed by atoms with Crippen LogP contribution < -0.4 is 0 Å². The minimum absolute atomic E-state index is 0.141. The van der Waals surface area contributed by atoms with Crippen molar-refractivity contribution in [2.75, 3.05) is 26.9 Å². The zero-order chi connectivity index (χ0) is 15.4. The van der Waals surface area contributed by atoms with Gasteiger partial charge in [-0.05, 0) is 40.0 Å². The van der Waals surface area contributed by atoms with Crippen LogP contribution in [-0.2, 0) is 14.3 Å². The Labute approximate surface area is 119 Å². The van der Waals surface area contributed by atoms with E-state index in [0.717, 1.165) is 0 Å². The number of hydrogen-bond donors (Lipinski definition) is 0. The Morgan fingerprint density at radius 3 is 2.20 bits per heavy atom. The topological polar surface area (TPSA) is 55.8 Å². The van der Waals surface area contributed by atoms with Crippen LogP contribution >= 0.6 is 0 Å². The molecule has 1 aliphatic rings. The molecule has 1 aliphatic heterocycles. The fraction of sp³-hybridized carbons (Fsp3) is 0.857. The predicted molar refractivity (Wildman–Crippen MR) is 72.1 cm³/mol. The highest BCUT2D eigenvalue weighted by Gasteiger charge is 2.43. The van der Waals surface area contributed by atoms with Gasteiger partial charge >= 0.3 is 12.1 Å². The Kier molecular flexibility index (Phi) is 5.36. The number of ether oxygens (including phenoxy) is 2. The summed E-state index contributed by atoms with van der Waals surface area (Å²) in [7, 11) is 1.31. The fourth-order valence-electron chi connectivity index (χ4n) is 2.40. The zero-order valence-corrected chi connectivity index (χ0v) is 12.7. The molecule has 0 aromatic carbocycles. The summed E-state index contributed by atoms with van der Waals surface area (Å²) >= 11 is 0. The van der Waals surface area contributed by atoms with Gasteiger partial charge in [0.1, 0.15) is 5.60 Å². The number of carbonyl (C=O) groups excluding carboxylic acids is 2. The number of carbonyl (C=O) groups is 2. The molecule has 1 heterocycles. The van der Waals surface area contributed by atoms with Gasteiger partial charge in [-0.25, -0.2) is 4.79 Å². The molecule has 1 fully saturated rings. The second-order valence-corrected chi connectivity index (χ2v) is 6.18. The first kappa shape index (κ1) is 16.7. The lowest BCUT2D eigenvalue weighted by Gasteiger charge is -2.39. The molecule has 0 aromatic heterocycles. The van der Waals surface area contributed by atoms with Gasteiger partial charge in [-0.1, -0.05) is 0 Å². The average molecular weight is 289 g/mol. The molecule has 1 amide bonds. The largest absolute Gasteiger partial charge is 0.469 e. The molecule has 0 aromatic rings. The van der Waals surface area contributed by atoms with Crippen LogP contribution in [-0.4, -0.2) is 49.4 Å². The van der Waals surface area contributed by atoms with Gasteiger partial charge in [0.05, 0.1) is 19.2 Å². The number of methoxy groups -OCH3 is 1. The number of amides is 1.